The minimum atomic E-state index is -0.460. The molecule has 1 N–H and O–H groups in total. The van der Waals surface area contributed by atoms with E-state index in [4.69, 9.17) is 9.47 Å². The lowest BCUT2D eigenvalue weighted by atomic mass is 9.86. The van der Waals surface area contributed by atoms with E-state index in [0.29, 0.717) is 23.6 Å². The van der Waals surface area contributed by atoms with Crippen molar-refractivity contribution in [2.75, 3.05) is 19.0 Å². The Kier molecular flexibility index (Phi) is 3.12. The van der Waals surface area contributed by atoms with E-state index in [2.05, 4.69) is 5.32 Å². The Morgan fingerprint density at radius 3 is 2.80 bits per heavy atom. The van der Waals surface area contributed by atoms with Crippen molar-refractivity contribution in [3.05, 3.63) is 23.8 Å². The highest BCUT2D eigenvalue weighted by atomic mass is 16.5. The third-order valence-corrected chi connectivity index (χ3v) is 4.20. The van der Waals surface area contributed by atoms with E-state index in [9.17, 15) is 9.59 Å². The summed E-state index contributed by atoms with van der Waals surface area (Å²) in [6.07, 6.45) is 3.74. The van der Waals surface area contributed by atoms with Gasteiger partial charge in [0.25, 0.3) is 0 Å². The van der Waals surface area contributed by atoms with E-state index < -0.39 is 11.4 Å². The van der Waals surface area contributed by atoms with Gasteiger partial charge in [-0.15, -0.1) is 0 Å². The van der Waals surface area contributed by atoms with Crippen molar-refractivity contribution in [3.63, 3.8) is 0 Å². The number of benzene rings is 1. The van der Waals surface area contributed by atoms with Crippen LogP contribution in [0.2, 0.25) is 0 Å². The Balaban J connectivity index is 1.99. The predicted molar refractivity (Wildman–Crippen MR) is 72.8 cm³/mol. The van der Waals surface area contributed by atoms with Gasteiger partial charge in [-0.05, 0) is 25.0 Å². The van der Waals surface area contributed by atoms with Crippen LogP contribution in [0.1, 0.15) is 36.0 Å². The molecule has 1 amide bonds. The molecule has 0 unspecified atom stereocenters. The van der Waals surface area contributed by atoms with Crippen molar-refractivity contribution in [2.45, 2.75) is 25.7 Å². The number of anilines is 1. The Morgan fingerprint density at radius 2 is 2.10 bits per heavy atom. The number of hydrogen-bond donors (Lipinski definition) is 1. The van der Waals surface area contributed by atoms with Crippen molar-refractivity contribution in [2.24, 2.45) is 5.41 Å². The normalized spacial score (nSPS) is 19.8. The van der Waals surface area contributed by atoms with Crippen molar-refractivity contribution in [3.8, 4) is 5.75 Å². The van der Waals surface area contributed by atoms with Crippen LogP contribution in [0.15, 0.2) is 18.2 Å². The van der Waals surface area contributed by atoms with Gasteiger partial charge in [0.05, 0.1) is 18.2 Å². The SMILES string of the molecule is COC(=O)c1cccc2c1OCC1(CCCC1)C(=O)N2. The largest absolute Gasteiger partial charge is 0.489 e. The highest BCUT2D eigenvalue weighted by Gasteiger charge is 2.44. The quantitative estimate of drug-likeness (QED) is 0.799. The molecule has 2 aliphatic rings. The zero-order valence-corrected chi connectivity index (χ0v) is 11.4. The number of rotatable bonds is 1. The smallest absolute Gasteiger partial charge is 0.341 e. The van der Waals surface area contributed by atoms with E-state index in [1.807, 2.05) is 0 Å². The van der Waals surface area contributed by atoms with Crippen LogP contribution < -0.4 is 10.1 Å². The van der Waals surface area contributed by atoms with Crippen LogP contribution in [0.3, 0.4) is 0 Å². The fraction of sp³-hybridized carbons (Fsp3) is 0.467. The minimum Gasteiger partial charge on any atom is -0.489 e. The molecule has 0 bridgehead atoms. The molecule has 0 radical (unpaired) electrons. The van der Waals surface area contributed by atoms with E-state index in [1.165, 1.54) is 7.11 Å². The van der Waals surface area contributed by atoms with Gasteiger partial charge in [0.2, 0.25) is 5.91 Å². The molecule has 5 nitrogen and oxygen atoms in total. The molecule has 1 spiro atoms. The first kappa shape index (κ1) is 13.0. The first-order chi connectivity index (χ1) is 9.66. The molecule has 1 aliphatic heterocycles. The lowest BCUT2D eigenvalue weighted by Crippen LogP contribution is -2.37. The summed E-state index contributed by atoms with van der Waals surface area (Å²) >= 11 is 0. The molecule has 0 atom stereocenters. The van der Waals surface area contributed by atoms with Gasteiger partial charge in [-0.1, -0.05) is 18.9 Å². The molecule has 0 aromatic heterocycles. The molecule has 20 heavy (non-hydrogen) atoms. The second-order valence-electron chi connectivity index (χ2n) is 5.40. The molecule has 1 fully saturated rings. The molecule has 1 heterocycles. The summed E-state index contributed by atoms with van der Waals surface area (Å²) in [6, 6.07) is 5.10. The maximum absolute atomic E-state index is 12.4. The summed E-state index contributed by atoms with van der Waals surface area (Å²) in [5.41, 5.74) is 0.439. The second kappa shape index (κ2) is 4.81. The fourth-order valence-electron chi connectivity index (χ4n) is 3.02. The maximum atomic E-state index is 12.4. The molecule has 0 saturated heterocycles. The molecule has 1 aromatic carbocycles. The van der Waals surface area contributed by atoms with Crippen LogP contribution in [0.5, 0.6) is 5.75 Å². The summed E-state index contributed by atoms with van der Waals surface area (Å²) in [5.74, 6) is -0.0503. The Morgan fingerprint density at radius 1 is 1.35 bits per heavy atom. The molecule has 5 heteroatoms. The lowest BCUT2D eigenvalue weighted by Gasteiger charge is -2.23. The number of para-hydroxylation sites is 1. The topological polar surface area (TPSA) is 64.6 Å². The molecule has 1 aliphatic carbocycles. The predicted octanol–water partition coefficient (Wildman–Crippen LogP) is 2.36. The monoisotopic (exact) mass is 275 g/mol. The van der Waals surface area contributed by atoms with E-state index in [-0.39, 0.29) is 5.91 Å². The maximum Gasteiger partial charge on any atom is 0.341 e. The number of amides is 1. The van der Waals surface area contributed by atoms with Crippen molar-refractivity contribution in [1.29, 1.82) is 0 Å². The van der Waals surface area contributed by atoms with Crippen molar-refractivity contribution >= 4 is 17.6 Å². The number of methoxy groups -OCH3 is 1. The first-order valence-electron chi connectivity index (χ1n) is 6.82. The minimum absolute atomic E-state index is 0.00392. The summed E-state index contributed by atoms with van der Waals surface area (Å²) in [7, 11) is 1.33. The van der Waals surface area contributed by atoms with Gasteiger partial charge in [0, 0.05) is 0 Å². The van der Waals surface area contributed by atoms with Gasteiger partial charge in [-0.3, -0.25) is 4.79 Å². The number of carbonyl (C=O) groups is 2. The van der Waals surface area contributed by atoms with Gasteiger partial charge in [0.15, 0.2) is 5.75 Å². The van der Waals surface area contributed by atoms with Crippen LogP contribution in [-0.2, 0) is 9.53 Å². The average Bonchev–Trinajstić information content (AvgIpc) is 2.89. The molecular weight excluding hydrogens is 258 g/mol. The Hall–Kier alpha value is -2.04. The zero-order valence-electron chi connectivity index (χ0n) is 11.4. The van der Waals surface area contributed by atoms with Gasteiger partial charge in [-0.25, -0.2) is 4.79 Å². The van der Waals surface area contributed by atoms with Gasteiger partial charge in [0.1, 0.15) is 12.2 Å². The lowest BCUT2D eigenvalue weighted by molar-refractivity contribution is -0.126. The zero-order chi connectivity index (χ0) is 14.2. The third-order valence-electron chi connectivity index (χ3n) is 4.20. The Labute approximate surface area is 117 Å². The van der Waals surface area contributed by atoms with Gasteiger partial charge >= 0.3 is 5.97 Å². The molecule has 1 aromatic rings. The number of ether oxygens (including phenoxy) is 2. The van der Waals surface area contributed by atoms with Crippen LogP contribution in [0, 0.1) is 5.41 Å². The highest BCUT2D eigenvalue weighted by molar-refractivity contribution is 6.01. The van der Waals surface area contributed by atoms with Crippen LogP contribution >= 0.6 is 0 Å². The van der Waals surface area contributed by atoms with Crippen LogP contribution in [-0.4, -0.2) is 25.6 Å². The van der Waals surface area contributed by atoms with Gasteiger partial charge in [-0.2, -0.15) is 0 Å². The third kappa shape index (κ3) is 1.94. The number of carbonyl (C=O) groups excluding carboxylic acids is 2. The number of esters is 1. The molecule has 106 valence electrons. The standard InChI is InChI=1S/C15H17NO4/c1-19-13(17)10-5-4-6-11-12(10)20-9-15(14(18)16-11)7-2-3-8-15/h4-6H,2-3,7-9H2,1H3,(H,16,18). The first-order valence-corrected chi connectivity index (χ1v) is 6.82. The van der Waals surface area contributed by atoms with Crippen LogP contribution in [0.4, 0.5) is 5.69 Å². The summed E-state index contributed by atoms with van der Waals surface area (Å²) in [6.45, 7) is 0.319. The number of hydrogen-bond acceptors (Lipinski definition) is 4. The summed E-state index contributed by atoms with van der Waals surface area (Å²) < 4.78 is 10.6. The van der Waals surface area contributed by atoms with E-state index >= 15 is 0 Å². The van der Waals surface area contributed by atoms with Crippen molar-refractivity contribution in [1.82, 2.24) is 0 Å². The number of nitrogens with one attached hydrogen (secondary N) is 1. The van der Waals surface area contributed by atoms with E-state index in [0.717, 1.165) is 25.7 Å². The number of fused-ring (bicyclic) bond motifs is 1. The molecular formula is C15H17NO4. The van der Waals surface area contributed by atoms with Crippen LogP contribution in [0.25, 0.3) is 0 Å². The average molecular weight is 275 g/mol. The van der Waals surface area contributed by atoms with Crippen molar-refractivity contribution < 1.29 is 19.1 Å². The molecule has 1 saturated carbocycles. The summed E-state index contributed by atoms with van der Waals surface area (Å²) in [5, 5.41) is 2.90. The Bertz CT molecular complexity index is 561. The fourth-order valence-corrected chi connectivity index (χ4v) is 3.02. The molecule has 3 rings (SSSR count). The van der Waals surface area contributed by atoms with Gasteiger partial charge < -0.3 is 14.8 Å². The summed E-state index contributed by atoms with van der Waals surface area (Å²) in [4.78, 5) is 24.2. The van der Waals surface area contributed by atoms with E-state index in [1.54, 1.807) is 18.2 Å². The second-order valence-corrected chi connectivity index (χ2v) is 5.40. The highest BCUT2D eigenvalue weighted by Crippen LogP contribution is 2.43.